The number of halogens is 2. The van der Waals surface area contributed by atoms with Crippen LogP contribution in [0.1, 0.15) is 21.5 Å². The number of benzene rings is 3. The lowest BCUT2D eigenvalue weighted by Crippen LogP contribution is -2.18. The second-order valence-electron chi connectivity index (χ2n) is 6.44. The summed E-state index contributed by atoms with van der Waals surface area (Å²) >= 11 is 9.41. The van der Waals surface area contributed by atoms with Crippen LogP contribution in [0.3, 0.4) is 0 Å². The molecule has 1 N–H and O–H groups in total. The third-order valence-corrected chi connectivity index (χ3v) is 5.02. The van der Waals surface area contributed by atoms with Crippen molar-refractivity contribution in [1.29, 1.82) is 0 Å². The second-order valence-corrected chi connectivity index (χ2v) is 7.79. The van der Waals surface area contributed by atoms with E-state index in [9.17, 15) is 14.9 Å². The van der Waals surface area contributed by atoms with Crippen molar-refractivity contribution in [1.82, 2.24) is 5.43 Å². The molecule has 0 unspecified atom stereocenters. The highest BCUT2D eigenvalue weighted by Gasteiger charge is 2.12. The summed E-state index contributed by atoms with van der Waals surface area (Å²) in [4.78, 5) is 22.8. The maximum Gasteiger partial charge on any atom is 0.275 e. The fourth-order valence-corrected chi connectivity index (χ4v) is 3.25. The Hall–Kier alpha value is -3.43. The van der Waals surface area contributed by atoms with Gasteiger partial charge in [0, 0.05) is 27.2 Å². The van der Waals surface area contributed by atoms with E-state index in [0.29, 0.717) is 27.6 Å². The first-order valence-corrected chi connectivity index (χ1v) is 10.4. The average molecular weight is 519 g/mol. The summed E-state index contributed by atoms with van der Waals surface area (Å²) in [5.74, 6) is 0.441. The lowest BCUT2D eigenvalue weighted by Gasteiger charge is -2.10. The molecule has 0 aromatic heterocycles. The van der Waals surface area contributed by atoms with Crippen LogP contribution in [-0.2, 0) is 6.61 Å². The van der Waals surface area contributed by atoms with Crippen molar-refractivity contribution in [2.24, 2.45) is 5.10 Å². The van der Waals surface area contributed by atoms with Gasteiger partial charge in [-0.2, -0.15) is 5.10 Å². The Bertz CT molecular complexity index is 1170. The molecular weight excluding hydrogens is 502 g/mol. The minimum atomic E-state index is -0.462. The molecule has 0 radical (unpaired) electrons. The van der Waals surface area contributed by atoms with Crippen molar-refractivity contribution in [3.05, 3.63) is 97.0 Å². The van der Waals surface area contributed by atoms with Crippen molar-refractivity contribution in [2.45, 2.75) is 6.61 Å². The number of rotatable bonds is 8. The van der Waals surface area contributed by atoms with Gasteiger partial charge in [-0.05, 0) is 54.1 Å². The lowest BCUT2D eigenvalue weighted by atomic mass is 10.2. The molecule has 0 saturated heterocycles. The maximum atomic E-state index is 12.5. The van der Waals surface area contributed by atoms with Gasteiger partial charge in [-0.3, -0.25) is 14.9 Å². The summed E-state index contributed by atoms with van der Waals surface area (Å²) in [6, 6.07) is 16.1. The van der Waals surface area contributed by atoms with E-state index < -0.39 is 10.8 Å². The lowest BCUT2D eigenvalue weighted by molar-refractivity contribution is -0.384. The molecule has 3 aromatic carbocycles. The Morgan fingerprint density at radius 3 is 2.56 bits per heavy atom. The normalized spacial score (nSPS) is 10.7. The van der Waals surface area contributed by atoms with Crippen LogP contribution in [0.2, 0.25) is 5.02 Å². The molecule has 3 rings (SSSR count). The predicted molar refractivity (Wildman–Crippen MR) is 125 cm³/mol. The molecule has 0 heterocycles. The number of nitro groups is 1. The third-order valence-electron chi connectivity index (χ3n) is 4.29. The Morgan fingerprint density at radius 2 is 1.88 bits per heavy atom. The van der Waals surface area contributed by atoms with Gasteiger partial charge in [-0.15, -0.1) is 0 Å². The number of nitrogens with zero attached hydrogens (tertiary/aromatic N) is 2. The topological polar surface area (TPSA) is 103 Å². The summed E-state index contributed by atoms with van der Waals surface area (Å²) in [7, 11) is 1.48. The van der Waals surface area contributed by atoms with E-state index in [1.807, 2.05) is 0 Å². The van der Waals surface area contributed by atoms with Gasteiger partial charge in [-0.25, -0.2) is 5.43 Å². The molecule has 1 amide bonds. The van der Waals surface area contributed by atoms with Gasteiger partial charge in [0.25, 0.3) is 11.6 Å². The van der Waals surface area contributed by atoms with Gasteiger partial charge >= 0.3 is 0 Å². The largest absolute Gasteiger partial charge is 0.496 e. The number of hydrazone groups is 1. The minimum absolute atomic E-state index is 0.00545. The number of carbonyl (C=O) groups excluding carboxylic acids is 1. The molecule has 0 aliphatic heterocycles. The predicted octanol–water partition coefficient (Wildman–Crippen LogP) is 5.36. The van der Waals surface area contributed by atoms with Gasteiger partial charge in [0.2, 0.25) is 0 Å². The summed E-state index contributed by atoms with van der Waals surface area (Å²) < 4.78 is 11.7. The Kier molecular flexibility index (Phi) is 7.80. The molecule has 0 bridgehead atoms. The fraction of sp³-hybridized carbons (Fsp3) is 0.0909. The van der Waals surface area contributed by atoms with Crippen molar-refractivity contribution < 1.29 is 19.2 Å². The standard InChI is InChI=1S/C22H17BrClN3O5/c1-31-21-8-4-16(23)11-19(21)22(28)26-25-12-15-10-17(24)5-9-20(15)32-13-14-2-6-18(7-3-14)27(29)30/h2-12H,13H2,1H3,(H,26,28)/b25-12-. The summed E-state index contributed by atoms with van der Waals surface area (Å²) in [5, 5.41) is 15.2. The van der Waals surface area contributed by atoms with Crippen LogP contribution in [0.15, 0.2) is 70.2 Å². The van der Waals surface area contributed by atoms with Crippen LogP contribution in [0, 0.1) is 10.1 Å². The Balaban J connectivity index is 1.71. The number of hydrogen-bond donors (Lipinski definition) is 1. The average Bonchev–Trinajstić information content (AvgIpc) is 2.78. The molecule has 0 spiro atoms. The molecule has 0 fully saturated rings. The zero-order valence-corrected chi connectivity index (χ0v) is 19.1. The SMILES string of the molecule is COc1ccc(Br)cc1C(=O)N/N=C\c1cc(Cl)ccc1OCc1ccc([N+](=O)[O-])cc1. The zero-order valence-electron chi connectivity index (χ0n) is 16.7. The van der Waals surface area contributed by atoms with Crippen LogP contribution in [0.4, 0.5) is 5.69 Å². The summed E-state index contributed by atoms with van der Waals surface area (Å²) in [5.41, 5.74) is 4.07. The van der Waals surface area contributed by atoms with E-state index in [1.165, 1.54) is 25.5 Å². The van der Waals surface area contributed by atoms with Gasteiger partial charge in [0.15, 0.2) is 0 Å². The van der Waals surface area contributed by atoms with Crippen molar-refractivity contribution >= 4 is 45.3 Å². The van der Waals surface area contributed by atoms with Crippen LogP contribution < -0.4 is 14.9 Å². The summed E-state index contributed by atoms with van der Waals surface area (Å²) in [6.45, 7) is 0.183. The highest BCUT2D eigenvalue weighted by atomic mass is 79.9. The summed E-state index contributed by atoms with van der Waals surface area (Å²) in [6.07, 6.45) is 1.42. The minimum Gasteiger partial charge on any atom is -0.496 e. The van der Waals surface area contributed by atoms with Crippen LogP contribution in [0.5, 0.6) is 11.5 Å². The smallest absolute Gasteiger partial charge is 0.275 e. The first-order chi connectivity index (χ1) is 15.4. The van der Waals surface area contributed by atoms with Crippen LogP contribution in [0.25, 0.3) is 0 Å². The molecule has 32 heavy (non-hydrogen) atoms. The number of methoxy groups -OCH3 is 1. The number of ether oxygens (including phenoxy) is 2. The number of nitrogens with one attached hydrogen (secondary N) is 1. The molecule has 0 atom stereocenters. The van der Waals surface area contributed by atoms with E-state index in [1.54, 1.807) is 48.5 Å². The van der Waals surface area contributed by atoms with Crippen molar-refractivity contribution in [2.75, 3.05) is 7.11 Å². The monoisotopic (exact) mass is 517 g/mol. The van der Waals surface area contributed by atoms with E-state index in [-0.39, 0.29) is 12.3 Å². The highest BCUT2D eigenvalue weighted by molar-refractivity contribution is 9.10. The first kappa shape index (κ1) is 23.2. The molecule has 10 heteroatoms. The van der Waals surface area contributed by atoms with Gasteiger partial charge in [0.1, 0.15) is 18.1 Å². The second kappa shape index (κ2) is 10.7. The molecule has 0 aliphatic rings. The van der Waals surface area contributed by atoms with Crippen molar-refractivity contribution in [3.63, 3.8) is 0 Å². The maximum absolute atomic E-state index is 12.5. The number of non-ortho nitro benzene ring substituents is 1. The number of nitro benzene ring substituents is 1. The van der Waals surface area contributed by atoms with Gasteiger partial charge in [0.05, 0.1) is 23.8 Å². The molecule has 0 saturated carbocycles. The number of carbonyl (C=O) groups is 1. The molecule has 0 aliphatic carbocycles. The number of hydrogen-bond acceptors (Lipinski definition) is 6. The fourth-order valence-electron chi connectivity index (χ4n) is 2.70. The first-order valence-electron chi connectivity index (χ1n) is 9.20. The Labute approximate surface area is 197 Å². The zero-order chi connectivity index (χ0) is 23.1. The van der Waals surface area contributed by atoms with Crippen LogP contribution in [-0.4, -0.2) is 24.2 Å². The molecule has 3 aromatic rings. The molecule has 164 valence electrons. The van der Waals surface area contributed by atoms with Gasteiger partial charge in [-0.1, -0.05) is 27.5 Å². The van der Waals surface area contributed by atoms with E-state index in [4.69, 9.17) is 21.1 Å². The van der Waals surface area contributed by atoms with Gasteiger partial charge < -0.3 is 9.47 Å². The third kappa shape index (κ3) is 6.05. The Morgan fingerprint density at radius 1 is 1.16 bits per heavy atom. The highest BCUT2D eigenvalue weighted by Crippen LogP contribution is 2.24. The number of amides is 1. The quantitative estimate of drug-likeness (QED) is 0.246. The van der Waals surface area contributed by atoms with E-state index >= 15 is 0 Å². The molecule has 8 nitrogen and oxygen atoms in total. The van der Waals surface area contributed by atoms with Crippen LogP contribution >= 0.6 is 27.5 Å². The molecular formula is C22H17BrClN3O5. The van der Waals surface area contributed by atoms with Crippen molar-refractivity contribution in [3.8, 4) is 11.5 Å². The van der Waals surface area contributed by atoms with E-state index in [2.05, 4.69) is 26.5 Å². The van der Waals surface area contributed by atoms with E-state index in [0.717, 1.165) is 10.0 Å².